The molecule has 0 aliphatic heterocycles. The van der Waals surface area contributed by atoms with Gasteiger partial charge in [-0.2, -0.15) is 9.78 Å². The van der Waals surface area contributed by atoms with Gasteiger partial charge in [0.05, 0.1) is 28.2 Å². The first-order valence-corrected chi connectivity index (χ1v) is 14.2. The topological polar surface area (TPSA) is 65.7 Å². The number of ether oxygens (including phenoxy) is 2. The van der Waals surface area contributed by atoms with Crippen LogP contribution in [0.5, 0.6) is 11.5 Å². The summed E-state index contributed by atoms with van der Waals surface area (Å²) in [6.07, 6.45) is 1.63. The maximum Gasteiger partial charge on any atom is 0.282 e. The molecule has 1 aromatic heterocycles. The van der Waals surface area contributed by atoms with Crippen molar-refractivity contribution in [1.82, 2.24) is 9.66 Å². The van der Waals surface area contributed by atoms with Crippen molar-refractivity contribution < 1.29 is 9.47 Å². The average molecular weight is 692 g/mol. The number of halogens is 3. The molecule has 0 N–H and O–H groups in total. The number of aryl methyl sites for hydroxylation is 1. The van der Waals surface area contributed by atoms with E-state index in [9.17, 15) is 4.79 Å². The van der Waals surface area contributed by atoms with E-state index in [2.05, 4.69) is 71.9 Å². The molecule has 3 aromatic carbocycles. The van der Waals surface area contributed by atoms with Gasteiger partial charge >= 0.3 is 0 Å². The molecule has 0 radical (unpaired) electrons. The maximum absolute atomic E-state index is 13.4. The summed E-state index contributed by atoms with van der Waals surface area (Å²) in [5.41, 5.74) is 3.36. The fraction of sp³-hybridized carbons (Fsp3) is 0.250. The third-order valence-corrected chi connectivity index (χ3v) is 8.22. The largest absolute Gasteiger partial charge is 0.490 e. The zero-order valence-electron chi connectivity index (χ0n) is 20.9. The monoisotopic (exact) mass is 689 g/mol. The Morgan fingerprint density at radius 2 is 1.84 bits per heavy atom. The molecule has 0 saturated carbocycles. The third kappa shape index (κ3) is 6.16. The minimum Gasteiger partial charge on any atom is -0.490 e. The number of hydrogen-bond acceptors (Lipinski definition) is 5. The van der Waals surface area contributed by atoms with Crippen LogP contribution in [0.2, 0.25) is 0 Å². The molecule has 4 aromatic rings. The molecule has 37 heavy (non-hydrogen) atoms. The van der Waals surface area contributed by atoms with Crippen LogP contribution < -0.4 is 15.0 Å². The first-order chi connectivity index (χ1) is 17.7. The lowest BCUT2D eigenvalue weighted by atomic mass is 10.1. The zero-order chi connectivity index (χ0) is 26.7. The van der Waals surface area contributed by atoms with Crippen molar-refractivity contribution in [3.8, 4) is 11.5 Å². The first kappa shape index (κ1) is 27.5. The van der Waals surface area contributed by atoms with Crippen LogP contribution in [-0.2, 0) is 6.61 Å². The smallest absolute Gasteiger partial charge is 0.282 e. The van der Waals surface area contributed by atoms with Crippen molar-refractivity contribution in [3.63, 3.8) is 0 Å². The Morgan fingerprint density at radius 1 is 1.05 bits per heavy atom. The van der Waals surface area contributed by atoms with E-state index >= 15 is 0 Å². The maximum atomic E-state index is 13.4. The summed E-state index contributed by atoms with van der Waals surface area (Å²) in [6, 6.07) is 15.5. The van der Waals surface area contributed by atoms with Crippen molar-refractivity contribution in [2.45, 2.75) is 40.2 Å². The quantitative estimate of drug-likeness (QED) is 0.176. The standard InChI is InChI=1S/C28H26Br3N3O3/c1-5-36-23-12-19(24(30)25(31)26(23)37-15-18-8-6-7-17(4)11-18)14-32-34-27(16(2)3)33-22-10-9-20(29)13-21(22)28(34)35/h6-14,16H,5,15H2,1-4H3. The van der Waals surface area contributed by atoms with Crippen LogP contribution in [-0.4, -0.2) is 22.5 Å². The van der Waals surface area contributed by atoms with Gasteiger partial charge in [0.15, 0.2) is 11.5 Å². The number of rotatable bonds is 8. The summed E-state index contributed by atoms with van der Waals surface area (Å²) < 4.78 is 15.7. The van der Waals surface area contributed by atoms with Gasteiger partial charge in [-0.3, -0.25) is 4.79 Å². The highest BCUT2D eigenvalue weighted by Gasteiger charge is 2.18. The van der Waals surface area contributed by atoms with E-state index in [0.29, 0.717) is 51.5 Å². The van der Waals surface area contributed by atoms with Crippen LogP contribution in [0.3, 0.4) is 0 Å². The molecular weight excluding hydrogens is 666 g/mol. The second kappa shape index (κ2) is 11.9. The summed E-state index contributed by atoms with van der Waals surface area (Å²) in [4.78, 5) is 18.1. The van der Waals surface area contributed by atoms with E-state index in [4.69, 9.17) is 14.5 Å². The molecule has 192 valence electrons. The summed E-state index contributed by atoms with van der Waals surface area (Å²) in [5, 5.41) is 5.06. The van der Waals surface area contributed by atoms with Gasteiger partial charge in [-0.05, 0) is 75.5 Å². The Hall–Kier alpha value is -2.49. The number of nitrogens with zero attached hydrogens (tertiary/aromatic N) is 3. The highest BCUT2D eigenvalue weighted by Crippen LogP contribution is 2.43. The van der Waals surface area contributed by atoms with Crippen LogP contribution in [0.1, 0.15) is 49.2 Å². The van der Waals surface area contributed by atoms with Gasteiger partial charge in [0.25, 0.3) is 5.56 Å². The van der Waals surface area contributed by atoms with Gasteiger partial charge in [0.1, 0.15) is 12.4 Å². The number of hydrogen-bond donors (Lipinski definition) is 0. The second-order valence-electron chi connectivity index (χ2n) is 8.78. The van der Waals surface area contributed by atoms with E-state index in [1.807, 2.05) is 51.1 Å². The number of fused-ring (bicyclic) bond motifs is 1. The van der Waals surface area contributed by atoms with Crippen molar-refractivity contribution in [2.24, 2.45) is 5.10 Å². The van der Waals surface area contributed by atoms with Crippen LogP contribution >= 0.6 is 47.8 Å². The minimum atomic E-state index is -0.232. The van der Waals surface area contributed by atoms with E-state index in [1.54, 1.807) is 12.3 Å². The lowest BCUT2D eigenvalue weighted by molar-refractivity contribution is 0.267. The molecule has 0 aliphatic carbocycles. The van der Waals surface area contributed by atoms with Crippen molar-refractivity contribution >= 4 is 64.9 Å². The Labute approximate surface area is 241 Å². The van der Waals surface area contributed by atoms with Gasteiger partial charge < -0.3 is 9.47 Å². The van der Waals surface area contributed by atoms with E-state index in [1.165, 1.54) is 10.2 Å². The highest BCUT2D eigenvalue weighted by atomic mass is 79.9. The molecule has 0 unspecified atom stereocenters. The molecule has 0 saturated heterocycles. The molecule has 0 spiro atoms. The highest BCUT2D eigenvalue weighted by molar-refractivity contribution is 9.13. The molecule has 0 fully saturated rings. The first-order valence-electron chi connectivity index (χ1n) is 11.8. The van der Waals surface area contributed by atoms with E-state index < -0.39 is 0 Å². The molecule has 4 rings (SSSR count). The van der Waals surface area contributed by atoms with Crippen molar-refractivity contribution in [2.75, 3.05) is 6.61 Å². The van der Waals surface area contributed by atoms with Gasteiger partial charge in [0.2, 0.25) is 0 Å². The van der Waals surface area contributed by atoms with Crippen LogP contribution in [0.15, 0.2) is 71.8 Å². The van der Waals surface area contributed by atoms with E-state index in [0.717, 1.165) is 14.5 Å². The Bertz CT molecular complexity index is 1550. The fourth-order valence-electron chi connectivity index (χ4n) is 3.82. The Kier molecular flexibility index (Phi) is 8.87. The molecule has 0 atom stereocenters. The van der Waals surface area contributed by atoms with Crippen molar-refractivity contribution in [3.05, 3.63) is 94.8 Å². The summed E-state index contributed by atoms with van der Waals surface area (Å²) in [6.45, 7) is 8.80. The molecule has 9 heteroatoms. The predicted octanol–water partition coefficient (Wildman–Crippen LogP) is 7.98. The van der Waals surface area contributed by atoms with Crippen LogP contribution in [0.25, 0.3) is 10.9 Å². The van der Waals surface area contributed by atoms with Crippen LogP contribution in [0, 0.1) is 6.92 Å². The summed E-state index contributed by atoms with van der Waals surface area (Å²) in [5.74, 6) is 1.73. The lowest BCUT2D eigenvalue weighted by Crippen LogP contribution is -2.23. The minimum absolute atomic E-state index is 0.00976. The van der Waals surface area contributed by atoms with Crippen molar-refractivity contribution in [1.29, 1.82) is 0 Å². The molecular formula is C28H26Br3N3O3. The molecule has 0 aliphatic rings. The van der Waals surface area contributed by atoms with Gasteiger partial charge in [-0.15, -0.1) is 0 Å². The van der Waals surface area contributed by atoms with Gasteiger partial charge in [0, 0.05) is 20.4 Å². The third-order valence-electron chi connectivity index (χ3n) is 5.58. The summed E-state index contributed by atoms with van der Waals surface area (Å²) >= 11 is 10.8. The SMILES string of the molecule is CCOc1cc(C=Nn2c(C(C)C)nc3ccc(Br)cc3c2=O)c(Br)c(Br)c1OCc1cccc(C)c1. The second-order valence-corrected chi connectivity index (χ2v) is 11.3. The lowest BCUT2D eigenvalue weighted by Gasteiger charge is -2.17. The van der Waals surface area contributed by atoms with Gasteiger partial charge in [-0.25, -0.2) is 4.98 Å². The normalized spacial score (nSPS) is 11.6. The average Bonchev–Trinajstić information content (AvgIpc) is 2.86. The molecule has 0 bridgehead atoms. The number of benzene rings is 3. The van der Waals surface area contributed by atoms with Crippen LogP contribution in [0.4, 0.5) is 0 Å². The number of aromatic nitrogens is 2. The fourth-order valence-corrected chi connectivity index (χ4v) is 5.12. The molecule has 0 amide bonds. The predicted molar refractivity (Wildman–Crippen MR) is 159 cm³/mol. The molecule has 1 heterocycles. The van der Waals surface area contributed by atoms with Gasteiger partial charge in [-0.1, -0.05) is 59.6 Å². The zero-order valence-corrected chi connectivity index (χ0v) is 25.6. The Morgan fingerprint density at radius 3 is 2.54 bits per heavy atom. The summed E-state index contributed by atoms with van der Waals surface area (Å²) in [7, 11) is 0. The molecule has 6 nitrogen and oxygen atoms in total. The van der Waals surface area contributed by atoms with E-state index in [-0.39, 0.29) is 11.5 Å². The Balaban J connectivity index is 1.75.